The molecule has 0 saturated carbocycles. The molecule has 0 aliphatic rings. The van der Waals surface area contributed by atoms with E-state index in [1.165, 1.54) is 13.0 Å². The van der Waals surface area contributed by atoms with Crippen LogP contribution in [0.25, 0.3) is 6.08 Å². The van der Waals surface area contributed by atoms with Gasteiger partial charge >= 0.3 is 6.18 Å². The van der Waals surface area contributed by atoms with Crippen molar-refractivity contribution in [2.75, 3.05) is 19.7 Å². The predicted octanol–water partition coefficient (Wildman–Crippen LogP) is 3.01. The Morgan fingerprint density at radius 3 is 2.50 bits per heavy atom. The Morgan fingerprint density at radius 2 is 2.00 bits per heavy atom. The number of amides is 1. The third-order valence-electron chi connectivity index (χ3n) is 2.67. The summed E-state index contributed by atoms with van der Waals surface area (Å²) in [5.74, 6) is -0.207. The summed E-state index contributed by atoms with van der Waals surface area (Å²) in [7, 11) is 0. The van der Waals surface area contributed by atoms with Gasteiger partial charge < -0.3 is 9.64 Å². The van der Waals surface area contributed by atoms with Crippen molar-refractivity contribution >= 4 is 12.0 Å². The molecule has 1 aromatic rings. The molecule has 7 heteroatoms. The second-order valence-electron chi connectivity index (χ2n) is 4.32. The van der Waals surface area contributed by atoms with Crippen LogP contribution in [0.3, 0.4) is 0 Å². The number of rotatable bonds is 6. The van der Waals surface area contributed by atoms with Crippen LogP contribution in [0.1, 0.15) is 12.5 Å². The predicted molar refractivity (Wildman–Crippen MR) is 74.9 cm³/mol. The van der Waals surface area contributed by atoms with Gasteiger partial charge in [0.05, 0.1) is 0 Å². The molecule has 22 heavy (non-hydrogen) atoms. The molecule has 0 aliphatic heterocycles. The molecular formula is C15H15F3N2O2. The van der Waals surface area contributed by atoms with Crippen LogP contribution in [0, 0.1) is 11.3 Å². The van der Waals surface area contributed by atoms with E-state index in [1.54, 1.807) is 24.3 Å². The van der Waals surface area contributed by atoms with Crippen LogP contribution in [-0.4, -0.2) is 36.7 Å². The third-order valence-corrected chi connectivity index (χ3v) is 2.67. The molecule has 0 unspecified atom stereocenters. The molecule has 118 valence electrons. The molecule has 0 saturated heterocycles. The number of carbonyl (C=O) groups excluding carboxylic acids is 1. The van der Waals surface area contributed by atoms with Crippen LogP contribution < -0.4 is 4.74 Å². The summed E-state index contributed by atoms with van der Waals surface area (Å²) in [5, 5.41) is 8.38. The molecule has 0 atom stereocenters. The fourth-order valence-electron chi connectivity index (χ4n) is 1.63. The normalized spacial score (nSPS) is 11.2. The van der Waals surface area contributed by atoms with Crippen LogP contribution in [0.15, 0.2) is 30.3 Å². The van der Waals surface area contributed by atoms with Gasteiger partial charge in [-0.2, -0.15) is 18.4 Å². The topological polar surface area (TPSA) is 53.3 Å². The summed E-state index contributed by atoms with van der Waals surface area (Å²) in [6, 6.07) is 8.31. The highest BCUT2D eigenvalue weighted by molar-refractivity contribution is 5.91. The zero-order valence-corrected chi connectivity index (χ0v) is 11.9. The first-order chi connectivity index (χ1) is 10.4. The molecule has 0 aromatic heterocycles. The van der Waals surface area contributed by atoms with E-state index in [1.807, 2.05) is 6.07 Å². The highest BCUT2D eigenvalue weighted by Gasteiger charge is 2.31. The first-order valence-corrected chi connectivity index (χ1v) is 6.49. The van der Waals surface area contributed by atoms with Gasteiger partial charge in [-0.1, -0.05) is 12.1 Å². The van der Waals surface area contributed by atoms with Crippen molar-refractivity contribution in [3.63, 3.8) is 0 Å². The minimum atomic E-state index is -4.42. The number of likely N-dealkylation sites (N-methyl/N-ethyl adjacent to an activating group) is 1. The number of hydrogen-bond acceptors (Lipinski definition) is 3. The molecule has 1 rings (SSSR count). The van der Waals surface area contributed by atoms with E-state index in [0.717, 1.165) is 6.08 Å². The lowest BCUT2D eigenvalue weighted by molar-refractivity contribution is -0.157. The average Bonchev–Trinajstić information content (AvgIpc) is 2.48. The fraction of sp³-hybridized carbons (Fsp3) is 0.333. The summed E-state index contributed by atoms with van der Waals surface area (Å²) < 4.78 is 42.0. The lowest BCUT2D eigenvalue weighted by Gasteiger charge is -2.20. The zero-order chi connectivity index (χ0) is 16.6. The zero-order valence-electron chi connectivity index (χ0n) is 11.9. The van der Waals surface area contributed by atoms with E-state index in [2.05, 4.69) is 0 Å². The van der Waals surface area contributed by atoms with Crippen LogP contribution in [0.4, 0.5) is 13.2 Å². The van der Waals surface area contributed by atoms with Crippen molar-refractivity contribution in [2.24, 2.45) is 0 Å². The monoisotopic (exact) mass is 312 g/mol. The first kappa shape index (κ1) is 17.6. The Hall–Kier alpha value is -2.49. The smallest absolute Gasteiger partial charge is 0.406 e. The molecular weight excluding hydrogens is 297 g/mol. The second kappa shape index (κ2) is 8.08. The van der Waals surface area contributed by atoms with Crippen molar-refractivity contribution in [1.82, 2.24) is 4.90 Å². The standard InChI is InChI=1S/C15H15F3N2O2/c1-2-20(11-15(16,17)18)14(21)8-5-12-3-6-13(7-4-12)22-10-9-19/h3-8H,2,10-11H2,1H3/b8-5+. The number of halogens is 3. The van der Waals surface area contributed by atoms with Crippen molar-refractivity contribution in [2.45, 2.75) is 13.1 Å². The van der Waals surface area contributed by atoms with Crippen LogP contribution in [0.2, 0.25) is 0 Å². The van der Waals surface area contributed by atoms with Crippen molar-refractivity contribution < 1.29 is 22.7 Å². The number of nitrogens with zero attached hydrogens (tertiary/aromatic N) is 2. The van der Waals surface area contributed by atoms with E-state index in [-0.39, 0.29) is 13.2 Å². The molecule has 0 radical (unpaired) electrons. The maximum atomic E-state index is 12.3. The molecule has 4 nitrogen and oxygen atoms in total. The van der Waals surface area contributed by atoms with Gasteiger partial charge in [0.2, 0.25) is 5.91 Å². The number of benzene rings is 1. The van der Waals surface area contributed by atoms with Gasteiger partial charge in [0.25, 0.3) is 0 Å². The van der Waals surface area contributed by atoms with Gasteiger partial charge in [-0.15, -0.1) is 0 Å². The van der Waals surface area contributed by atoms with Crippen LogP contribution >= 0.6 is 0 Å². The molecule has 0 fully saturated rings. The van der Waals surface area contributed by atoms with E-state index in [9.17, 15) is 18.0 Å². The summed E-state index contributed by atoms with van der Waals surface area (Å²) >= 11 is 0. The maximum absolute atomic E-state index is 12.3. The van der Waals surface area contributed by atoms with Gasteiger partial charge in [-0.25, -0.2) is 0 Å². The van der Waals surface area contributed by atoms with Crippen molar-refractivity contribution in [3.05, 3.63) is 35.9 Å². The molecule has 1 amide bonds. The number of ether oxygens (including phenoxy) is 1. The Bertz CT molecular complexity index is 560. The lowest BCUT2D eigenvalue weighted by Crippen LogP contribution is -2.37. The Labute approximate surface area is 126 Å². The number of hydrogen-bond donors (Lipinski definition) is 0. The third kappa shape index (κ3) is 6.31. The molecule has 0 spiro atoms. The van der Waals surface area contributed by atoms with E-state index < -0.39 is 18.6 Å². The quantitative estimate of drug-likeness (QED) is 0.759. The molecule has 1 aromatic carbocycles. The number of alkyl halides is 3. The average molecular weight is 312 g/mol. The summed E-state index contributed by atoms with van der Waals surface area (Å²) in [6.45, 7) is 0.118. The van der Waals surface area contributed by atoms with Gasteiger partial charge in [0.1, 0.15) is 18.4 Å². The Morgan fingerprint density at radius 1 is 1.36 bits per heavy atom. The molecule has 0 aliphatic carbocycles. The van der Waals surface area contributed by atoms with E-state index in [4.69, 9.17) is 10.00 Å². The van der Waals surface area contributed by atoms with Crippen LogP contribution in [0.5, 0.6) is 5.75 Å². The van der Waals surface area contributed by atoms with Crippen LogP contribution in [-0.2, 0) is 4.79 Å². The van der Waals surface area contributed by atoms with Gasteiger partial charge in [-0.3, -0.25) is 4.79 Å². The second-order valence-corrected chi connectivity index (χ2v) is 4.32. The first-order valence-electron chi connectivity index (χ1n) is 6.49. The Balaban J connectivity index is 2.66. The van der Waals surface area contributed by atoms with Gasteiger partial charge in [-0.05, 0) is 30.7 Å². The van der Waals surface area contributed by atoms with Gasteiger partial charge in [0, 0.05) is 12.6 Å². The Kier molecular flexibility index (Phi) is 6.45. The summed E-state index contributed by atoms with van der Waals surface area (Å²) in [4.78, 5) is 12.4. The number of carbonyl (C=O) groups is 1. The molecule has 0 heterocycles. The highest BCUT2D eigenvalue weighted by atomic mass is 19.4. The maximum Gasteiger partial charge on any atom is 0.406 e. The van der Waals surface area contributed by atoms with E-state index in [0.29, 0.717) is 16.2 Å². The minimum absolute atomic E-state index is 0.0242. The minimum Gasteiger partial charge on any atom is -0.479 e. The highest BCUT2D eigenvalue weighted by Crippen LogP contribution is 2.17. The molecule has 0 bridgehead atoms. The van der Waals surface area contributed by atoms with Crippen molar-refractivity contribution in [3.8, 4) is 11.8 Å². The largest absolute Gasteiger partial charge is 0.479 e. The lowest BCUT2D eigenvalue weighted by atomic mass is 10.2. The number of nitriles is 1. The molecule has 0 N–H and O–H groups in total. The summed E-state index contributed by atoms with van der Waals surface area (Å²) in [6.07, 6.45) is -1.89. The van der Waals surface area contributed by atoms with E-state index >= 15 is 0 Å². The fourth-order valence-corrected chi connectivity index (χ4v) is 1.63. The SMILES string of the molecule is CCN(CC(F)(F)F)C(=O)/C=C/c1ccc(OCC#N)cc1. The summed E-state index contributed by atoms with van der Waals surface area (Å²) in [5.41, 5.74) is 0.640. The van der Waals surface area contributed by atoms with Gasteiger partial charge in [0.15, 0.2) is 6.61 Å². The van der Waals surface area contributed by atoms with Crippen molar-refractivity contribution in [1.29, 1.82) is 5.26 Å².